The quantitative estimate of drug-likeness (QED) is 0.316. The van der Waals surface area contributed by atoms with Gasteiger partial charge in [0.25, 0.3) is 0 Å². The van der Waals surface area contributed by atoms with Gasteiger partial charge in [0.05, 0.1) is 17.3 Å². The second-order valence-corrected chi connectivity index (χ2v) is 8.56. The van der Waals surface area contributed by atoms with Gasteiger partial charge in [0.2, 0.25) is 0 Å². The van der Waals surface area contributed by atoms with Crippen LogP contribution >= 0.6 is 0 Å². The first kappa shape index (κ1) is 34.4. The lowest BCUT2D eigenvalue weighted by Gasteiger charge is -2.18. The Morgan fingerprint density at radius 2 is 1.42 bits per heavy atom. The Hall–Kier alpha value is -3.62. The average Bonchev–Trinajstić information content (AvgIpc) is 3.00. The maximum absolute atomic E-state index is 8.55. The molecule has 1 aliphatic rings. The highest BCUT2D eigenvalue weighted by Crippen LogP contribution is 2.26. The molecule has 0 saturated heterocycles. The molecule has 2 aromatic carbocycles. The summed E-state index contributed by atoms with van der Waals surface area (Å²) < 4.78 is 0. The van der Waals surface area contributed by atoms with Gasteiger partial charge in [0, 0.05) is 18.6 Å². The van der Waals surface area contributed by atoms with Gasteiger partial charge in [-0.05, 0) is 66.1 Å². The van der Waals surface area contributed by atoms with Crippen LogP contribution in [-0.4, -0.2) is 11.5 Å². The molecule has 0 fully saturated rings. The van der Waals surface area contributed by atoms with E-state index < -0.39 is 0 Å². The van der Waals surface area contributed by atoms with Crippen LogP contribution in [0, 0.1) is 17.2 Å². The van der Waals surface area contributed by atoms with Gasteiger partial charge in [0.1, 0.15) is 0 Å². The lowest BCUT2D eigenvalue weighted by atomic mass is 9.86. The minimum Gasteiger partial charge on any atom is -0.357 e. The molecule has 2 unspecified atom stereocenters. The molecule has 206 valence electrons. The van der Waals surface area contributed by atoms with E-state index >= 15 is 0 Å². The zero-order chi connectivity index (χ0) is 28.8. The van der Waals surface area contributed by atoms with Crippen LogP contribution in [0.1, 0.15) is 90.3 Å². The van der Waals surface area contributed by atoms with Gasteiger partial charge in [-0.2, -0.15) is 5.26 Å². The molecule has 0 aliphatic carbocycles. The lowest BCUT2D eigenvalue weighted by molar-refractivity contribution is 0.485. The smallest absolute Gasteiger partial charge is 0.153 e. The number of nitrogens with two attached hydrogens (primary N) is 1. The van der Waals surface area contributed by atoms with Gasteiger partial charge >= 0.3 is 0 Å². The molecule has 5 nitrogen and oxygen atoms in total. The third kappa shape index (κ3) is 12.6. The predicted octanol–water partition coefficient (Wildman–Crippen LogP) is 8.90. The van der Waals surface area contributed by atoms with E-state index in [2.05, 4.69) is 79.7 Å². The molecular weight excluding hydrogens is 466 g/mol. The molecule has 2 heterocycles. The van der Waals surface area contributed by atoms with Crippen molar-refractivity contribution in [3.05, 3.63) is 102 Å². The van der Waals surface area contributed by atoms with E-state index in [0.717, 1.165) is 23.3 Å². The largest absolute Gasteiger partial charge is 0.357 e. The molecule has 0 radical (unpaired) electrons. The molecule has 1 aliphatic heterocycles. The fourth-order valence-electron chi connectivity index (χ4n) is 3.70. The van der Waals surface area contributed by atoms with E-state index in [1.165, 1.54) is 17.5 Å². The van der Waals surface area contributed by atoms with E-state index in [0.29, 0.717) is 18.0 Å². The molecular formula is C33H49N5. The number of nitrogens with one attached hydrogen (secondary N) is 2. The minimum atomic E-state index is 0.373. The number of rotatable bonds is 5. The van der Waals surface area contributed by atoms with Gasteiger partial charge in [-0.3, -0.25) is 0 Å². The van der Waals surface area contributed by atoms with Crippen LogP contribution in [0.15, 0.2) is 85.3 Å². The first-order chi connectivity index (χ1) is 18.5. The van der Waals surface area contributed by atoms with Gasteiger partial charge in [-0.1, -0.05) is 97.9 Å². The van der Waals surface area contributed by atoms with E-state index in [1.54, 1.807) is 6.20 Å². The second-order valence-electron chi connectivity index (χ2n) is 8.56. The summed E-state index contributed by atoms with van der Waals surface area (Å²) in [6.07, 6.45) is 6.65. The average molecular weight is 516 g/mol. The third-order valence-electron chi connectivity index (χ3n) is 5.78. The van der Waals surface area contributed by atoms with Gasteiger partial charge in [-0.15, -0.1) is 0 Å². The Labute approximate surface area is 232 Å². The van der Waals surface area contributed by atoms with Crippen molar-refractivity contribution in [1.29, 1.82) is 5.26 Å². The number of hydrogen-bond acceptors (Lipinski definition) is 5. The number of nitriles is 1. The Kier molecular flexibility index (Phi) is 19.4. The molecule has 2 atom stereocenters. The molecule has 4 rings (SSSR count). The summed E-state index contributed by atoms with van der Waals surface area (Å²) in [6, 6.07) is 24.3. The maximum atomic E-state index is 8.55. The van der Waals surface area contributed by atoms with Crippen LogP contribution in [-0.2, 0) is 0 Å². The minimum absolute atomic E-state index is 0.373. The van der Waals surface area contributed by atoms with Crippen molar-refractivity contribution in [2.45, 2.75) is 73.6 Å². The third-order valence-corrected chi connectivity index (χ3v) is 5.78. The van der Waals surface area contributed by atoms with Crippen LogP contribution in [0.4, 0.5) is 11.5 Å². The highest BCUT2D eigenvalue weighted by molar-refractivity contribution is 5.68. The standard InChI is InChI=1S/C12H18.C10H12N2.C7H7N3.2C2H6/c1-4-12(10(2)3)11-8-6-5-7-9-11;1-8(6-11)10-4-2-9(7-12)3-5-10;1-2-6-7(9-3-1)10-5-4-8-6;2*1-2/h5-10,12H,4H2,1-3H3;2-5,8H,6,11H2,1H3;1-5,8H,(H,9,10);2*1-2H3. The second kappa shape index (κ2) is 21.5. The van der Waals surface area contributed by atoms with Crippen molar-refractivity contribution in [3.8, 4) is 6.07 Å². The fourth-order valence-corrected chi connectivity index (χ4v) is 3.70. The SMILES string of the molecule is C1=CNc2ncccc2N1.CC.CC.CC(CN)c1ccc(C#N)cc1.CCC(c1ccccc1)C(C)C. The van der Waals surface area contributed by atoms with Crippen molar-refractivity contribution < 1.29 is 0 Å². The zero-order valence-electron chi connectivity index (χ0n) is 24.7. The Morgan fingerprint density at radius 1 is 0.816 bits per heavy atom. The van der Waals surface area contributed by atoms with Crippen LogP contribution in [0.5, 0.6) is 0 Å². The monoisotopic (exact) mass is 515 g/mol. The molecule has 0 saturated carbocycles. The summed E-state index contributed by atoms with van der Waals surface area (Å²) in [5, 5.41) is 14.6. The molecule has 0 amide bonds. The first-order valence-corrected chi connectivity index (χ1v) is 13.9. The van der Waals surface area contributed by atoms with Gasteiger partial charge in [0.15, 0.2) is 5.82 Å². The summed E-state index contributed by atoms with van der Waals surface area (Å²) in [4.78, 5) is 4.09. The summed E-state index contributed by atoms with van der Waals surface area (Å²) in [6.45, 7) is 17.6. The number of fused-ring (bicyclic) bond motifs is 1. The highest BCUT2D eigenvalue weighted by Gasteiger charge is 2.12. The molecule has 0 bridgehead atoms. The summed E-state index contributed by atoms with van der Waals surface area (Å²) in [5.41, 5.74) is 9.90. The lowest BCUT2D eigenvalue weighted by Crippen LogP contribution is -2.08. The van der Waals surface area contributed by atoms with E-state index in [-0.39, 0.29) is 0 Å². The summed E-state index contributed by atoms with van der Waals surface area (Å²) in [5.74, 6) is 2.73. The molecule has 1 aromatic heterocycles. The molecule has 4 N–H and O–H groups in total. The number of anilines is 2. The molecule has 5 heteroatoms. The summed E-state index contributed by atoms with van der Waals surface area (Å²) >= 11 is 0. The Morgan fingerprint density at radius 3 is 1.92 bits per heavy atom. The first-order valence-electron chi connectivity index (χ1n) is 13.9. The molecule has 3 aromatic rings. The van der Waals surface area contributed by atoms with Gasteiger partial charge < -0.3 is 16.4 Å². The highest BCUT2D eigenvalue weighted by atomic mass is 15.1. The number of aromatic nitrogens is 1. The predicted molar refractivity (Wildman–Crippen MR) is 166 cm³/mol. The molecule has 0 spiro atoms. The van der Waals surface area contributed by atoms with E-state index in [4.69, 9.17) is 11.0 Å². The maximum Gasteiger partial charge on any atom is 0.153 e. The van der Waals surface area contributed by atoms with Crippen molar-refractivity contribution in [1.82, 2.24) is 4.98 Å². The molecule has 38 heavy (non-hydrogen) atoms. The topological polar surface area (TPSA) is 86.8 Å². The number of pyridine rings is 1. The van der Waals surface area contributed by atoms with Crippen molar-refractivity contribution >= 4 is 11.5 Å². The van der Waals surface area contributed by atoms with E-state index in [1.807, 2.05) is 76.5 Å². The number of nitrogens with zero attached hydrogens (tertiary/aromatic N) is 2. The van der Waals surface area contributed by atoms with Gasteiger partial charge in [-0.25, -0.2) is 4.98 Å². The fraction of sp³-hybridized carbons (Fsp3) is 0.394. The van der Waals surface area contributed by atoms with Crippen LogP contribution < -0.4 is 16.4 Å². The number of hydrogen-bond donors (Lipinski definition) is 3. The normalized spacial score (nSPS) is 11.8. The van der Waals surface area contributed by atoms with Crippen molar-refractivity contribution in [2.24, 2.45) is 11.7 Å². The van der Waals surface area contributed by atoms with Crippen molar-refractivity contribution in [2.75, 3.05) is 17.2 Å². The Balaban J connectivity index is 0.000000507. The van der Waals surface area contributed by atoms with Crippen LogP contribution in [0.2, 0.25) is 0 Å². The van der Waals surface area contributed by atoms with E-state index in [9.17, 15) is 0 Å². The Bertz CT molecular complexity index is 1010. The zero-order valence-corrected chi connectivity index (χ0v) is 24.7. The van der Waals surface area contributed by atoms with Crippen LogP contribution in [0.3, 0.4) is 0 Å². The number of benzene rings is 2. The van der Waals surface area contributed by atoms with Crippen LogP contribution in [0.25, 0.3) is 0 Å². The summed E-state index contributed by atoms with van der Waals surface area (Å²) in [7, 11) is 0. The van der Waals surface area contributed by atoms with Crippen molar-refractivity contribution in [3.63, 3.8) is 0 Å².